The second-order valence-corrected chi connectivity index (χ2v) is 7.02. The number of piperidine rings is 1. The van der Waals surface area contributed by atoms with E-state index < -0.39 is 0 Å². The molecule has 0 aliphatic carbocycles. The maximum Gasteiger partial charge on any atom is 0.143 e. The third-order valence-corrected chi connectivity index (χ3v) is 5.55. The summed E-state index contributed by atoms with van der Waals surface area (Å²) in [7, 11) is 1.68. The van der Waals surface area contributed by atoms with Gasteiger partial charge in [0, 0.05) is 55.5 Å². The molecular weight excluding hydrogens is 282 g/mol. The first kappa shape index (κ1) is 14.9. The van der Waals surface area contributed by atoms with Crippen molar-refractivity contribution >= 4 is 23.1 Å². The van der Waals surface area contributed by atoms with E-state index in [4.69, 9.17) is 10.5 Å². The number of methoxy groups -OCH3 is 1. The number of hydrogen-bond donors (Lipinski definition) is 1. The highest BCUT2D eigenvalue weighted by molar-refractivity contribution is 7.99. The van der Waals surface area contributed by atoms with Crippen LogP contribution in [0.15, 0.2) is 18.2 Å². The number of nitrogen functional groups attached to an aromatic ring is 1. The minimum atomic E-state index is 0.710. The lowest BCUT2D eigenvalue weighted by Crippen LogP contribution is -2.47. The second-order valence-electron chi connectivity index (χ2n) is 5.79. The fraction of sp³-hybridized carbons (Fsp3) is 0.625. The van der Waals surface area contributed by atoms with Crippen LogP contribution in [0, 0.1) is 0 Å². The molecular formula is C16H25N3OS. The monoisotopic (exact) mass is 307 g/mol. The first-order valence-electron chi connectivity index (χ1n) is 7.78. The molecule has 1 aromatic carbocycles. The summed E-state index contributed by atoms with van der Waals surface area (Å²) in [6, 6.07) is 6.89. The lowest BCUT2D eigenvalue weighted by Gasteiger charge is -2.40. The van der Waals surface area contributed by atoms with Crippen LogP contribution in [-0.4, -0.2) is 55.7 Å². The van der Waals surface area contributed by atoms with Crippen LogP contribution in [0.2, 0.25) is 0 Å². The Labute approximate surface area is 131 Å². The highest BCUT2D eigenvalue weighted by Crippen LogP contribution is 2.30. The van der Waals surface area contributed by atoms with E-state index in [1.54, 1.807) is 7.11 Å². The number of thioether (sulfide) groups is 1. The molecule has 0 unspecified atom stereocenters. The second kappa shape index (κ2) is 6.79. The lowest BCUT2D eigenvalue weighted by atomic mass is 10.0. The molecule has 3 rings (SSSR count). The molecule has 0 amide bonds. The molecule has 0 radical (unpaired) electrons. The van der Waals surface area contributed by atoms with Crippen LogP contribution in [-0.2, 0) is 0 Å². The topological polar surface area (TPSA) is 41.7 Å². The Kier molecular flexibility index (Phi) is 4.80. The van der Waals surface area contributed by atoms with E-state index in [1.165, 1.54) is 43.1 Å². The van der Waals surface area contributed by atoms with Gasteiger partial charge in [-0.25, -0.2) is 0 Å². The molecule has 2 aliphatic rings. The van der Waals surface area contributed by atoms with Gasteiger partial charge in [-0.05, 0) is 25.0 Å². The summed E-state index contributed by atoms with van der Waals surface area (Å²) in [5.74, 6) is 3.38. The van der Waals surface area contributed by atoms with Crippen LogP contribution in [0.4, 0.5) is 11.4 Å². The largest absolute Gasteiger partial charge is 0.495 e. The predicted molar refractivity (Wildman–Crippen MR) is 91.5 cm³/mol. The summed E-state index contributed by atoms with van der Waals surface area (Å²) in [6.45, 7) is 4.79. The Bertz CT molecular complexity index is 469. The SMILES string of the molecule is COc1cc(N2CCC(N3CCSCC3)CC2)ccc1N. The zero-order valence-corrected chi connectivity index (χ0v) is 13.6. The van der Waals surface area contributed by atoms with Gasteiger partial charge >= 0.3 is 0 Å². The van der Waals surface area contributed by atoms with Crippen LogP contribution in [0.1, 0.15) is 12.8 Å². The van der Waals surface area contributed by atoms with Crippen molar-refractivity contribution in [3.8, 4) is 5.75 Å². The van der Waals surface area contributed by atoms with Crippen LogP contribution >= 0.6 is 11.8 Å². The third-order valence-electron chi connectivity index (χ3n) is 4.61. The van der Waals surface area contributed by atoms with Gasteiger partial charge in [0.05, 0.1) is 12.8 Å². The van der Waals surface area contributed by atoms with E-state index in [1.807, 2.05) is 6.07 Å². The van der Waals surface area contributed by atoms with Crippen molar-refractivity contribution in [3.63, 3.8) is 0 Å². The van der Waals surface area contributed by atoms with Gasteiger partial charge in [-0.1, -0.05) is 0 Å². The van der Waals surface area contributed by atoms with E-state index in [2.05, 4.69) is 33.7 Å². The molecule has 2 saturated heterocycles. The van der Waals surface area contributed by atoms with E-state index in [0.717, 1.165) is 24.9 Å². The number of anilines is 2. The van der Waals surface area contributed by atoms with Crippen molar-refractivity contribution in [2.75, 3.05) is 55.4 Å². The average molecular weight is 307 g/mol. The maximum atomic E-state index is 5.90. The molecule has 0 bridgehead atoms. The smallest absolute Gasteiger partial charge is 0.143 e. The van der Waals surface area contributed by atoms with E-state index >= 15 is 0 Å². The fourth-order valence-corrected chi connectivity index (χ4v) is 4.26. The molecule has 4 nitrogen and oxygen atoms in total. The zero-order valence-electron chi connectivity index (χ0n) is 12.8. The van der Waals surface area contributed by atoms with E-state index in [-0.39, 0.29) is 0 Å². The van der Waals surface area contributed by atoms with Gasteiger partial charge in [0.25, 0.3) is 0 Å². The van der Waals surface area contributed by atoms with Crippen molar-refractivity contribution in [2.24, 2.45) is 0 Å². The number of nitrogens with zero attached hydrogens (tertiary/aromatic N) is 2. The molecule has 2 aliphatic heterocycles. The summed E-state index contributed by atoms with van der Waals surface area (Å²) in [5.41, 5.74) is 7.84. The van der Waals surface area contributed by atoms with Gasteiger partial charge in [-0.3, -0.25) is 4.90 Å². The number of benzene rings is 1. The Hall–Kier alpha value is -1.07. The Morgan fingerprint density at radius 1 is 1.14 bits per heavy atom. The highest BCUT2D eigenvalue weighted by Gasteiger charge is 2.25. The van der Waals surface area contributed by atoms with Crippen LogP contribution in [0.3, 0.4) is 0 Å². The highest BCUT2D eigenvalue weighted by atomic mass is 32.2. The summed E-state index contributed by atoms with van der Waals surface area (Å²) in [4.78, 5) is 5.15. The first-order chi connectivity index (χ1) is 10.3. The van der Waals surface area contributed by atoms with E-state index in [9.17, 15) is 0 Å². The van der Waals surface area contributed by atoms with Crippen molar-refractivity contribution in [1.82, 2.24) is 4.90 Å². The minimum Gasteiger partial charge on any atom is -0.495 e. The number of nitrogens with two attached hydrogens (primary N) is 1. The summed E-state index contributed by atoms with van der Waals surface area (Å²) in [5, 5.41) is 0. The number of hydrogen-bond acceptors (Lipinski definition) is 5. The molecule has 2 heterocycles. The Balaban J connectivity index is 1.60. The quantitative estimate of drug-likeness (QED) is 0.868. The minimum absolute atomic E-state index is 0.710. The molecule has 0 spiro atoms. The molecule has 2 N–H and O–H groups in total. The maximum absolute atomic E-state index is 5.90. The first-order valence-corrected chi connectivity index (χ1v) is 8.93. The molecule has 5 heteroatoms. The van der Waals surface area contributed by atoms with Gasteiger partial charge in [0.15, 0.2) is 0 Å². The molecule has 2 fully saturated rings. The van der Waals surface area contributed by atoms with Crippen molar-refractivity contribution in [2.45, 2.75) is 18.9 Å². The molecule has 0 aromatic heterocycles. The van der Waals surface area contributed by atoms with Crippen molar-refractivity contribution in [1.29, 1.82) is 0 Å². The van der Waals surface area contributed by atoms with Crippen LogP contribution in [0.25, 0.3) is 0 Å². The molecule has 21 heavy (non-hydrogen) atoms. The van der Waals surface area contributed by atoms with Crippen molar-refractivity contribution in [3.05, 3.63) is 18.2 Å². The predicted octanol–water partition coefficient (Wildman–Crippen LogP) is 2.29. The van der Waals surface area contributed by atoms with Gasteiger partial charge in [-0.2, -0.15) is 11.8 Å². The summed E-state index contributed by atoms with van der Waals surface area (Å²) >= 11 is 2.09. The Morgan fingerprint density at radius 2 is 1.86 bits per heavy atom. The van der Waals surface area contributed by atoms with Gasteiger partial charge in [0.2, 0.25) is 0 Å². The van der Waals surface area contributed by atoms with Crippen molar-refractivity contribution < 1.29 is 4.74 Å². The van der Waals surface area contributed by atoms with Gasteiger partial charge in [0.1, 0.15) is 5.75 Å². The zero-order chi connectivity index (χ0) is 14.7. The average Bonchev–Trinajstić information content (AvgIpc) is 2.56. The van der Waals surface area contributed by atoms with Crippen LogP contribution < -0.4 is 15.4 Å². The number of ether oxygens (including phenoxy) is 1. The Morgan fingerprint density at radius 3 is 2.52 bits per heavy atom. The normalized spacial score (nSPS) is 21.5. The standard InChI is InChI=1S/C16H25N3OS/c1-20-16-12-14(2-3-15(16)17)18-6-4-13(5-7-18)19-8-10-21-11-9-19/h2-3,12-13H,4-11,17H2,1H3. The lowest BCUT2D eigenvalue weighted by molar-refractivity contribution is 0.186. The third kappa shape index (κ3) is 3.40. The van der Waals surface area contributed by atoms with Gasteiger partial charge < -0.3 is 15.4 Å². The fourth-order valence-electron chi connectivity index (χ4n) is 3.33. The van der Waals surface area contributed by atoms with Crippen LogP contribution in [0.5, 0.6) is 5.75 Å². The molecule has 0 atom stereocenters. The van der Waals surface area contributed by atoms with E-state index in [0.29, 0.717) is 5.69 Å². The van der Waals surface area contributed by atoms with Gasteiger partial charge in [-0.15, -0.1) is 0 Å². The number of rotatable bonds is 3. The molecule has 1 aromatic rings. The molecule has 0 saturated carbocycles. The summed E-state index contributed by atoms with van der Waals surface area (Å²) in [6.07, 6.45) is 2.52. The summed E-state index contributed by atoms with van der Waals surface area (Å²) < 4.78 is 5.33. The molecule has 116 valence electrons.